The lowest BCUT2D eigenvalue weighted by atomic mass is 10.2. The van der Waals surface area contributed by atoms with Crippen LogP contribution in [0.4, 0.5) is 0 Å². The number of hydrogen-bond donors (Lipinski definition) is 1. The molecule has 2 heterocycles. The normalized spacial score (nSPS) is 18.8. The van der Waals surface area contributed by atoms with Crippen LogP contribution in [0.1, 0.15) is 55.9 Å². The molecular weight excluding hydrogens is 254 g/mol. The number of H-pyrrole nitrogens is 1. The van der Waals surface area contributed by atoms with Gasteiger partial charge in [0, 0.05) is 31.9 Å². The zero-order valence-corrected chi connectivity index (χ0v) is 12.7. The Balaban J connectivity index is 1.94. The van der Waals surface area contributed by atoms with Crippen LogP contribution in [0.3, 0.4) is 0 Å². The molecule has 5 heteroatoms. The van der Waals surface area contributed by atoms with Crippen molar-refractivity contribution in [2.45, 2.75) is 52.5 Å². The quantitative estimate of drug-likeness (QED) is 0.814. The molecule has 1 aliphatic heterocycles. The van der Waals surface area contributed by atoms with E-state index in [-0.39, 0.29) is 11.9 Å². The molecule has 0 aliphatic carbocycles. The summed E-state index contributed by atoms with van der Waals surface area (Å²) in [5.74, 6) is 1.16. The molecule has 1 fully saturated rings. The molecule has 0 saturated carbocycles. The van der Waals surface area contributed by atoms with E-state index in [2.05, 4.69) is 9.97 Å². The number of carbonyl (C=O) groups is 1. The SMILES string of the molecule is CCOCCCC(=O)N1CCCC1c1nc(C)c(C)[nH]1. The van der Waals surface area contributed by atoms with E-state index in [0.29, 0.717) is 19.6 Å². The van der Waals surface area contributed by atoms with Crippen LogP contribution in [-0.4, -0.2) is 40.5 Å². The van der Waals surface area contributed by atoms with Gasteiger partial charge in [-0.05, 0) is 40.0 Å². The Morgan fingerprint density at radius 2 is 2.30 bits per heavy atom. The van der Waals surface area contributed by atoms with E-state index in [1.807, 2.05) is 25.7 Å². The van der Waals surface area contributed by atoms with Crippen LogP contribution in [-0.2, 0) is 9.53 Å². The number of aryl methyl sites for hydroxylation is 2. The lowest BCUT2D eigenvalue weighted by molar-refractivity contribution is -0.132. The Kier molecular flexibility index (Phi) is 5.17. The number of nitrogens with zero attached hydrogens (tertiary/aromatic N) is 2. The summed E-state index contributed by atoms with van der Waals surface area (Å²) in [7, 11) is 0. The first-order chi connectivity index (χ1) is 9.63. The molecule has 112 valence electrons. The van der Waals surface area contributed by atoms with Gasteiger partial charge in [-0.15, -0.1) is 0 Å². The number of amides is 1. The number of rotatable bonds is 6. The fourth-order valence-electron chi connectivity index (χ4n) is 2.70. The van der Waals surface area contributed by atoms with E-state index in [1.54, 1.807) is 0 Å². The van der Waals surface area contributed by atoms with Gasteiger partial charge in [-0.2, -0.15) is 0 Å². The summed E-state index contributed by atoms with van der Waals surface area (Å²) in [5, 5.41) is 0. The monoisotopic (exact) mass is 279 g/mol. The van der Waals surface area contributed by atoms with Gasteiger partial charge in [0.15, 0.2) is 0 Å². The van der Waals surface area contributed by atoms with Crippen molar-refractivity contribution in [2.24, 2.45) is 0 Å². The Bertz CT molecular complexity index is 436. The number of nitrogens with one attached hydrogen (secondary N) is 1. The second kappa shape index (κ2) is 6.88. The number of aromatic amines is 1. The van der Waals surface area contributed by atoms with E-state index < -0.39 is 0 Å². The first-order valence-electron chi connectivity index (χ1n) is 7.53. The van der Waals surface area contributed by atoms with E-state index in [9.17, 15) is 4.79 Å². The van der Waals surface area contributed by atoms with Crippen molar-refractivity contribution in [1.82, 2.24) is 14.9 Å². The summed E-state index contributed by atoms with van der Waals surface area (Å²) in [6, 6.07) is 0.127. The molecule has 1 unspecified atom stereocenters. The van der Waals surface area contributed by atoms with Gasteiger partial charge < -0.3 is 14.6 Å². The molecule has 1 saturated heterocycles. The molecule has 1 aromatic rings. The lowest BCUT2D eigenvalue weighted by Gasteiger charge is -2.23. The minimum absolute atomic E-state index is 0.127. The van der Waals surface area contributed by atoms with Crippen LogP contribution in [0.25, 0.3) is 0 Å². The van der Waals surface area contributed by atoms with Crippen molar-refractivity contribution in [1.29, 1.82) is 0 Å². The average Bonchev–Trinajstić information content (AvgIpc) is 3.02. The van der Waals surface area contributed by atoms with Crippen molar-refractivity contribution in [2.75, 3.05) is 19.8 Å². The van der Waals surface area contributed by atoms with Gasteiger partial charge in [0.2, 0.25) is 5.91 Å². The first kappa shape index (κ1) is 15.0. The first-order valence-corrected chi connectivity index (χ1v) is 7.53. The highest BCUT2D eigenvalue weighted by atomic mass is 16.5. The topological polar surface area (TPSA) is 58.2 Å². The zero-order chi connectivity index (χ0) is 14.5. The maximum absolute atomic E-state index is 12.3. The van der Waals surface area contributed by atoms with Gasteiger partial charge in [-0.25, -0.2) is 4.98 Å². The maximum atomic E-state index is 12.3. The number of imidazole rings is 1. The highest BCUT2D eigenvalue weighted by molar-refractivity contribution is 5.76. The standard InChI is InChI=1S/C15H25N3O2/c1-4-20-10-6-8-14(19)18-9-5-7-13(18)15-16-11(2)12(3)17-15/h13H,4-10H2,1-3H3,(H,16,17). The Morgan fingerprint density at radius 3 is 2.95 bits per heavy atom. The van der Waals surface area contributed by atoms with Gasteiger partial charge in [-0.3, -0.25) is 4.79 Å². The third-order valence-electron chi connectivity index (χ3n) is 3.92. The highest BCUT2D eigenvalue weighted by Crippen LogP contribution is 2.31. The lowest BCUT2D eigenvalue weighted by Crippen LogP contribution is -2.31. The van der Waals surface area contributed by atoms with Gasteiger partial charge in [0.25, 0.3) is 0 Å². The largest absolute Gasteiger partial charge is 0.382 e. The molecule has 1 atom stereocenters. The van der Waals surface area contributed by atoms with E-state index in [0.717, 1.165) is 43.0 Å². The molecule has 1 aliphatic rings. The second-order valence-corrected chi connectivity index (χ2v) is 5.38. The molecular formula is C15H25N3O2. The summed E-state index contributed by atoms with van der Waals surface area (Å²) < 4.78 is 5.29. The Hall–Kier alpha value is -1.36. The third kappa shape index (κ3) is 3.39. The van der Waals surface area contributed by atoms with Crippen LogP contribution in [0, 0.1) is 13.8 Å². The molecule has 1 N–H and O–H groups in total. The van der Waals surface area contributed by atoms with Crippen LogP contribution >= 0.6 is 0 Å². The Labute approximate surface area is 120 Å². The maximum Gasteiger partial charge on any atom is 0.223 e. The Morgan fingerprint density at radius 1 is 1.50 bits per heavy atom. The molecule has 0 bridgehead atoms. The summed E-state index contributed by atoms with van der Waals surface area (Å²) in [4.78, 5) is 22.2. The fourth-order valence-corrected chi connectivity index (χ4v) is 2.70. The van der Waals surface area contributed by atoms with E-state index in [4.69, 9.17) is 4.74 Å². The molecule has 20 heavy (non-hydrogen) atoms. The predicted octanol–water partition coefficient (Wildman–Crippen LogP) is 2.51. The number of likely N-dealkylation sites (tertiary alicyclic amines) is 1. The minimum atomic E-state index is 0.127. The van der Waals surface area contributed by atoms with Crippen LogP contribution in [0.2, 0.25) is 0 Å². The summed E-state index contributed by atoms with van der Waals surface area (Å²) >= 11 is 0. The molecule has 2 rings (SSSR count). The summed E-state index contributed by atoms with van der Waals surface area (Å²) in [6.07, 6.45) is 3.42. The number of aromatic nitrogens is 2. The van der Waals surface area contributed by atoms with Gasteiger partial charge in [-0.1, -0.05) is 0 Å². The molecule has 1 amide bonds. The smallest absolute Gasteiger partial charge is 0.223 e. The zero-order valence-electron chi connectivity index (χ0n) is 12.7. The average molecular weight is 279 g/mol. The molecule has 0 radical (unpaired) electrons. The van der Waals surface area contributed by atoms with Crippen molar-refractivity contribution in [3.8, 4) is 0 Å². The van der Waals surface area contributed by atoms with Crippen molar-refractivity contribution >= 4 is 5.91 Å². The summed E-state index contributed by atoms with van der Waals surface area (Å²) in [5.41, 5.74) is 2.12. The van der Waals surface area contributed by atoms with Crippen molar-refractivity contribution in [3.05, 3.63) is 17.2 Å². The molecule has 0 aromatic carbocycles. The molecule has 5 nitrogen and oxygen atoms in total. The number of carbonyl (C=O) groups excluding carboxylic acids is 1. The van der Waals surface area contributed by atoms with Crippen LogP contribution in [0.5, 0.6) is 0 Å². The number of hydrogen-bond acceptors (Lipinski definition) is 3. The number of ether oxygens (including phenoxy) is 1. The van der Waals surface area contributed by atoms with E-state index >= 15 is 0 Å². The van der Waals surface area contributed by atoms with Crippen molar-refractivity contribution in [3.63, 3.8) is 0 Å². The van der Waals surface area contributed by atoms with Gasteiger partial charge in [0.05, 0.1) is 11.7 Å². The summed E-state index contributed by atoms with van der Waals surface area (Å²) in [6.45, 7) is 8.22. The molecule has 1 aromatic heterocycles. The molecule has 0 spiro atoms. The van der Waals surface area contributed by atoms with Gasteiger partial charge in [0.1, 0.15) is 5.82 Å². The minimum Gasteiger partial charge on any atom is -0.382 e. The second-order valence-electron chi connectivity index (χ2n) is 5.38. The van der Waals surface area contributed by atoms with Crippen LogP contribution in [0.15, 0.2) is 0 Å². The predicted molar refractivity (Wildman–Crippen MR) is 77.5 cm³/mol. The van der Waals surface area contributed by atoms with Gasteiger partial charge >= 0.3 is 0 Å². The van der Waals surface area contributed by atoms with E-state index in [1.165, 1.54) is 0 Å². The third-order valence-corrected chi connectivity index (χ3v) is 3.92. The fraction of sp³-hybridized carbons (Fsp3) is 0.733. The van der Waals surface area contributed by atoms with Crippen molar-refractivity contribution < 1.29 is 9.53 Å². The highest BCUT2D eigenvalue weighted by Gasteiger charge is 2.31. The van der Waals surface area contributed by atoms with Crippen LogP contribution < -0.4 is 0 Å².